The molecule has 0 spiro atoms. The van der Waals surface area contributed by atoms with E-state index in [1.807, 2.05) is 43.3 Å². The number of carbonyl (C=O) groups is 2. The predicted molar refractivity (Wildman–Crippen MR) is 144 cm³/mol. The third kappa shape index (κ3) is 6.07. The molecule has 9 heteroatoms. The van der Waals surface area contributed by atoms with E-state index in [0.717, 1.165) is 21.3 Å². The summed E-state index contributed by atoms with van der Waals surface area (Å²) in [6, 6.07) is 16.4. The van der Waals surface area contributed by atoms with Crippen LogP contribution in [0.4, 0.5) is 5.13 Å². The van der Waals surface area contributed by atoms with Gasteiger partial charge in [0.15, 0.2) is 29.0 Å². The normalized spacial score (nSPS) is 10.9. The van der Waals surface area contributed by atoms with Gasteiger partial charge in [-0.1, -0.05) is 41.7 Å². The average molecular weight is 519 g/mol. The zero-order chi connectivity index (χ0) is 26.4. The lowest BCUT2D eigenvalue weighted by Crippen LogP contribution is -2.20. The molecule has 4 aromatic rings. The van der Waals surface area contributed by atoms with Crippen LogP contribution in [0.25, 0.3) is 16.3 Å². The van der Waals surface area contributed by atoms with Crippen LogP contribution in [0.15, 0.2) is 60.7 Å². The fraction of sp³-hybridized carbons (Fsp3) is 0.179. The van der Waals surface area contributed by atoms with Crippen LogP contribution >= 0.6 is 11.3 Å². The Morgan fingerprint density at radius 3 is 2.35 bits per heavy atom. The van der Waals surface area contributed by atoms with Crippen molar-refractivity contribution in [3.8, 4) is 23.0 Å². The fourth-order valence-corrected chi connectivity index (χ4v) is 4.47. The SMILES string of the molecule is COc1cc(C(=O)/C=C/c2ccc(C)c(OCC(=O)Nc3nc4ccccc4s3)c2)cc(OC)c1OC. The van der Waals surface area contributed by atoms with E-state index in [0.29, 0.717) is 33.7 Å². The maximum Gasteiger partial charge on any atom is 0.264 e. The molecule has 37 heavy (non-hydrogen) atoms. The molecular formula is C28H26N2O6S. The van der Waals surface area contributed by atoms with E-state index in [4.69, 9.17) is 18.9 Å². The number of rotatable bonds is 10. The van der Waals surface area contributed by atoms with Crippen LogP contribution in [0.5, 0.6) is 23.0 Å². The number of hydrogen-bond acceptors (Lipinski definition) is 8. The maximum absolute atomic E-state index is 12.8. The van der Waals surface area contributed by atoms with Crippen molar-refractivity contribution in [3.05, 3.63) is 77.4 Å². The maximum atomic E-state index is 12.8. The highest BCUT2D eigenvalue weighted by Crippen LogP contribution is 2.38. The number of ether oxygens (including phenoxy) is 4. The van der Waals surface area contributed by atoms with Crippen molar-refractivity contribution in [2.75, 3.05) is 33.3 Å². The average Bonchev–Trinajstić information content (AvgIpc) is 3.32. The van der Waals surface area contributed by atoms with E-state index in [2.05, 4.69) is 10.3 Å². The molecule has 1 heterocycles. The molecule has 0 saturated carbocycles. The number of para-hydroxylation sites is 1. The number of ketones is 1. The molecule has 0 aliphatic rings. The summed E-state index contributed by atoms with van der Waals surface area (Å²) in [7, 11) is 4.49. The largest absolute Gasteiger partial charge is 0.493 e. The number of amides is 1. The molecule has 4 rings (SSSR count). The van der Waals surface area contributed by atoms with Gasteiger partial charge in [-0.3, -0.25) is 14.9 Å². The number of methoxy groups -OCH3 is 3. The molecule has 8 nitrogen and oxygen atoms in total. The second-order valence-electron chi connectivity index (χ2n) is 7.96. The van der Waals surface area contributed by atoms with Gasteiger partial charge in [-0.2, -0.15) is 0 Å². The molecule has 0 aliphatic heterocycles. The molecule has 0 radical (unpaired) electrons. The number of nitrogens with zero attached hydrogens (tertiary/aromatic N) is 1. The lowest BCUT2D eigenvalue weighted by Gasteiger charge is -2.13. The number of anilines is 1. The van der Waals surface area contributed by atoms with E-state index in [9.17, 15) is 9.59 Å². The van der Waals surface area contributed by atoms with Gasteiger partial charge >= 0.3 is 0 Å². The summed E-state index contributed by atoms with van der Waals surface area (Å²) >= 11 is 1.40. The molecule has 0 aliphatic carbocycles. The van der Waals surface area contributed by atoms with Crippen molar-refractivity contribution in [1.29, 1.82) is 0 Å². The second-order valence-corrected chi connectivity index (χ2v) is 8.99. The molecular weight excluding hydrogens is 492 g/mol. The van der Waals surface area contributed by atoms with Crippen LogP contribution < -0.4 is 24.3 Å². The van der Waals surface area contributed by atoms with Crippen LogP contribution in [0.1, 0.15) is 21.5 Å². The third-order valence-corrected chi connectivity index (χ3v) is 6.44. The third-order valence-electron chi connectivity index (χ3n) is 5.49. The standard InChI is InChI=1S/C28H26N2O6S/c1-17-9-10-18(11-12-21(31)19-14-23(33-2)27(35-4)24(15-19)34-3)13-22(17)36-16-26(32)30-28-29-20-7-5-6-8-25(20)37-28/h5-15H,16H2,1-4H3,(H,29,30,32)/b12-11+. The van der Waals surface area contributed by atoms with E-state index in [1.165, 1.54) is 38.7 Å². The zero-order valence-corrected chi connectivity index (χ0v) is 21.7. The predicted octanol–water partition coefficient (Wildman–Crippen LogP) is 5.54. The number of nitrogens with one attached hydrogen (secondary N) is 1. The van der Waals surface area contributed by atoms with E-state index >= 15 is 0 Å². The monoisotopic (exact) mass is 518 g/mol. The molecule has 0 unspecified atom stereocenters. The van der Waals surface area contributed by atoms with E-state index < -0.39 is 0 Å². The van der Waals surface area contributed by atoms with Crippen LogP contribution in [-0.4, -0.2) is 44.6 Å². The Morgan fingerprint density at radius 2 is 1.68 bits per heavy atom. The van der Waals surface area contributed by atoms with Gasteiger partial charge in [-0.05, 0) is 54.5 Å². The highest BCUT2D eigenvalue weighted by molar-refractivity contribution is 7.22. The van der Waals surface area contributed by atoms with E-state index in [-0.39, 0.29) is 18.3 Å². The first kappa shape index (κ1) is 25.7. The minimum Gasteiger partial charge on any atom is -0.493 e. The molecule has 0 saturated heterocycles. The molecule has 0 bridgehead atoms. The van der Waals surface area contributed by atoms with Crippen molar-refractivity contribution < 1.29 is 28.5 Å². The lowest BCUT2D eigenvalue weighted by atomic mass is 10.1. The summed E-state index contributed by atoms with van der Waals surface area (Å²) in [6.07, 6.45) is 3.13. The molecule has 0 fully saturated rings. The number of fused-ring (bicyclic) bond motifs is 1. The summed E-state index contributed by atoms with van der Waals surface area (Å²) in [6.45, 7) is 1.71. The fourth-order valence-electron chi connectivity index (χ4n) is 3.59. The molecule has 1 N–H and O–H groups in total. The van der Waals surface area contributed by atoms with Gasteiger partial charge in [0.2, 0.25) is 5.75 Å². The Kier molecular flexibility index (Phi) is 8.05. The second kappa shape index (κ2) is 11.6. The Morgan fingerprint density at radius 1 is 0.946 bits per heavy atom. The van der Waals surface area contributed by atoms with Gasteiger partial charge < -0.3 is 18.9 Å². The minimum absolute atomic E-state index is 0.172. The first-order valence-corrected chi connectivity index (χ1v) is 12.1. The van der Waals surface area contributed by atoms with Gasteiger partial charge in [-0.15, -0.1) is 0 Å². The summed E-state index contributed by atoms with van der Waals surface area (Å²) in [5.41, 5.74) is 2.83. The number of thiazole rings is 1. The van der Waals surface area contributed by atoms with Gasteiger partial charge in [0.25, 0.3) is 5.91 Å². The van der Waals surface area contributed by atoms with Crippen LogP contribution in [0, 0.1) is 6.92 Å². The van der Waals surface area contributed by atoms with Crippen molar-refractivity contribution in [3.63, 3.8) is 0 Å². The van der Waals surface area contributed by atoms with Crippen LogP contribution in [0.3, 0.4) is 0 Å². The molecule has 190 valence electrons. The van der Waals surface area contributed by atoms with Crippen molar-refractivity contribution in [1.82, 2.24) is 4.98 Å². The highest BCUT2D eigenvalue weighted by atomic mass is 32.1. The Balaban J connectivity index is 1.42. The summed E-state index contributed by atoms with van der Waals surface area (Å²) < 4.78 is 22.7. The first-order valence-electron chi connectivity index (χ1n) is 11.3. The minimum atomic E-state index is -0.308. The van der Waals surface area contributed by atoms with Crippen LogP contribution in [0.2, 0.25) is 0 Å². The Hall–Kier alpha value is -4.37. The number of carbonyl (C=O) groups excluding carboxylic acids is 2. The van der Waals surface area contributed by atoms with E-state index in [1.54, 1.807) is 24.3 Å². The number of allylic oxidation sites excluding steroid dienone is 1. The van der Waals surface area contributed by atoms with Crippen molar-refractivity contribution in [2.24, 2.45) is 0 Å². The first-order chi connectivity index (χ1) is 17.9. The number of hydrogen-bond donors (Lipinski definition) is 1. The van der Waals surface area contributed by atoms with Gasteiger partial charge in [0.05, 0.1) is 31.5 Å². The zero-order valence-electron chi connectivity index (χ0n) is 20.9. The summed E-state index contributed by atoms with van der Waals surface area (Å²) in [5.74, 6) is 1.21. The number of aromatic nitrogens is 1. The Bertz CT molecular complexity index is 1420. The van der Waals surface area contributed by atoms with Gasteiger partial charge in [0, 0.05) is 5.56 Å². The lowest BCUT2D eigenvalue weighted by molar-refractivity contribution is -0.118. The number of benzene rings is 3. The van der Waals surface area contributed by atoms with Gasteiger partial charge in [-0.25, -0.2) is 4.98 Å². The smallest absolute Gasteiger partial charge is 0.264 e. The topological polar surface area (TPSA) is 96.0 Å². The van der Waals surface area contributed by atoms with Gasteiger partial charge in [0.1, 0.15) is 5.75 Å². The molecule has 0 atom stereocenters. The number of aryl methyl sites for hydroxylation is 1. The van der Waals surface area contributed by atoms with Crippen molar-refractivity contribution >= 4 is 44.5 Å². The Labute approximate surface area is 218 Å². The summed E-state index contributed by atoms with van der Waals surface area (Å²) in [4.78, 5) is 29.7. The molecule has 1 aromatic heterocycles. The quantitative estimate of drug-likeness (QED) is 0.217. The highest BCUT2D eigenvalue weighted by Gasteiger charge is 2.16. The van der Waals surface area contributed by atoms with Crippen molar-refractivity contribution in [2.45, 2.75) is 6.92 Å². The van der Waals surface area contributed by atoms with Crippen LogP contribution in [-0.2, 0) is 4.79 Å². The molecule has 3 aromatic carbocycles. The summed E-state index contributed by atoms with van der Waals surface area (Å²) in [5, 5.41) is 3.30. The molecule has 1 amide bonds.